The number of nitrogens with one attached hydrogen (secondary N) is 2. The van der Waals surface area contributed by atoms with Gasteiger partial charge in [-0.25, -0.2) is 4.98 Å². The summed E-state index contributed by atoms with van der Waals surface area (Å²) < 4.78 is 0. The Morgan fingerprint density at radius 2 is 2.22 bits per heavy atom. The number of carbonyl (C=O) groups excluding carboxylic acids is 1. The molecule has 0 aliphatic carbocycles. The number of hydrogen-bond donors (Lipinski definition) is 2. The van der Waals surface area contributed by atoms with Gasteiger partial charge in [0.1, 0.15) is 0 Å². The molecule has 5 nitrogen and oxygen atoms in total. The first kappa shape index (κ1) is 12.2. The van der Waals surface area contributed by atoms with Gasteiger partial charge in [0.05, 0.1) is 17.4 Å². The molecule has 0 unspecified atom stereocenters. The van der Waals surface area contributed by atoms with Crippen molar-refractivity contribution in [1.29, 1.82) is 5.26 Å². The van der Waals surface area contributed by atoms with Crippen LogP contribution in [0, 0.1) is 11.3 Å². The summed E-state index contributed by atoms with van der Waals surface area (Å²) in [4.78, 5) is 18.5. The zero-order valence-corrected chi connectivity index (χ0v) is 10.2. The number of anilines is 1. The predicted octanol–water partition coefficient (Wildman–Crippen LogP) is 2.01. The van der Waals surface area contributed by atoms with E-state index in [9.17, 15) is 4.79 Å². The van der Waals surface area contributed by atoms with Crippen LogP contribution in [-0.4, -0.2) is 21.6 Å². The average molecular weight is 258 g/mol. The van der Waals surface area contributed by atoms with E-state index in [1.165, 1.54) is 11.8 Å². The Kier molecular flexibility index (Phi) is 3.99. The van der Waals surface area contributed by atoms with Gasteiger partial charge in [0.2, 0.25) is 5.91 Å². The third kappa shape index (κ3) is 3.37. The molecule has 0 bridgehead atoms. The fourth-order valence-electron chi connectivity index (χ4n) is 1.29. The maximum atomic E-state index is 11.6. The van der Waals surface area contributed by atoms with Crippen molar-refractivity contribution in [2.45, 2.75) is 5.16 Å². The zero-order chi connectivity index (χ0) is 12.8. The van der Waals surface area contributed by atoms with Gasteiger partial charge >= 0.3 is 0 Å². The van der Waals surface area contributed by atoms with Crippen LogP contribution in [0.15, 0.2) is 41.8 Å². The molecule has 18 heavy (non-hydrogen) atoms. The highest BCUT2D eigenvalue weighted by Gasteiger charge is 2.04. The number of H-pyrrole nitrogens is 1. The van der Waals surface area contributed by atoms with Gasteiger partial charge in [-0.3, -0.25) is 4.79 Å². The SMILES string of the molecule is N#Cc1ccc(NC(=O)CSc2ncc[nH]2)cc1. The lowest BCUT2D eigenvalue weighted by molar-refractivity contribution is -0.113. The fraction of sp³-hybridized carbons (Fsp3) is 0.0833. The minimum absolute atomic E-state index is 0.110. The second kappa shape index (κ2) is 5.89. The molecule has 0 fully saturated rings. The van der Waals surface area contributed by atoms with Crippen LogP contribution < -0.4 is 5.32 Å². The standard InChI is InChI=1S/C12H10N4OS/c13-7-9-1-3-10(4-2-9)16-11(17)8-18-12-14-5-6-15-12/h1-6H,8H2,(H,14,15)(H,16,17). The number of amides is 1. The van der Waals surface area contributed by atoms with Gasteiger partial charge in [0.15, 0.2) is 5.16 Å². The summed E-state index contributed by atoms with van der Waals surface area (Å²) >= 11 is 1.33. The smallest absolute Gasteiger partial charge is 0.234 e. The van der Waals surface area contributed by atoms with E-state index < -0.39 is 0 Å². The molecule has 0 saturated heterocycles. The van der Waals surface area contributed by atoms with E-state index in [4.69, 9.17) is 5.26 Å². The van der Waals surface area contributed by atoms with E-state index in [-0.39, 0.29) is 11.7 Å². The van der Waals surface area contributed by atoms with E-state index in [1.54, 1.807) is 36.7 Å². The molecule has 2 aromatic rings. The summed E-state index contributed by atoms with van der Waals surface area (Å²) in [6.07, 6.45) is 3.35. The topological polar surface area (TPSA) is 81.6 Å². The quantitative estimate of drug-likeness (QED) is 0.822. The molecular formula is C12H10N4OS. The molecule has 2 N–H and O–H groups in total. The molecule has 1 heterocycles. The largest absolute Gasteiger partial charge is 0.340 e. The third-order valence-corrected chi connectivity index (χ3v) is 3.01. The Morgan fingerprint density at radius 3 is 2.83 bits per heavy atom. The normalized spacial score (nSPS) is 9.72. The lowest BCUT2D eigenvalue weighted by atomic mass is 10.2. The first-order valence-corrected chi connectivity index (χ1v) is 6.18. The van der Waals surface area contributed by atoms with Crippen molar-refractivity contribution in [2.24, 2.45) is 0 Å². The maximum absolute atomic E-state index is 11.6. The van der Waals surface area contributed by atoms with Crippen LogP contribution in [0.25, 0.3) is 0 Å². The molecule has 0 aliphatic heterocycles. The van der Waals surface area contributed by atoms with E-state index in [2.05, 4.69) is 15.3 Å². The Hall–Kier alpha value is -2.26. The number of benzene rings is 1. The second-order valence-electron chi connectivity index (χ2n) is 3.42. The summed E-state index contributed by atoms with van der Waals surface area (Å²) in [5.74, 6) is 0.175. The number of rotatable bonds is 4. The lowest BCUT2D eigenvalue weighted by Crippen LogP contribution is -2.14. The summed E-state index contributed by atoms with van der Waals surface area (Å²) in [7, 11) is 0. The molecule has 0 saturated carbocycles. The van der Waals surface area contributed by atoms with Gasteiger partial charge < -0.3 is 10.3 Å². The molecule has 6 heteroatoms. The predicted molar refractivity (Wildman–Crippen MR) is 69.1 cm³/mol. The molecule has 1 aromatic heterocycles. The molecule has 0 spiro atoms. The molecule has 90 valence electrons. The van der Waals surface area contributed by atoms with E-state index in [1.807, 2.05) is 6.07 Å². The van der Waals surface area contributed by atoms with E-state index >= 15 is 0 Å². The number of thioether (sulfide) groups is 1. The summed E-state index contributed by atoms with van der Waals surface area (Å²) in [5, 5.41) is 12.1. The average Bonchev–Trinajstić information content (AvgIpc) is 2.90. The van der Waals surface area contributed by atoms with E-state index in [0.29, 0.717) is 16.4 Å². The van der Waals surface area contributed by atoms with Crippen molar-refractivity contribution in [2.75, 3.05) is 11.1 Å². The number of aromatic amines is 1. The summed E-state index contributed by atoms with van der Waals surface area (Å²) in [6, 6.07) is 8.75. The van der Waals surface area contributed by atoms with Gasteiger partial charge in [-0.1, -0.05) is 11.8 Å². The van der Waals surface area contributed by atoms with Crippen molar-refractivity contribution < 1.29 is 4.79 Å². The monoisotopic (exact) mass is 258 g/mol. The van der Waals surface area contributed by atoms with Gasteiger partial charge in [-0.05, 0) is 24.3 Å². The van der Waals surface area contributed by atoms with Crippen LogP contribution in [0.1, 0.15) is 5.56 Å². The van der Waals surface area contributed by atoms with E-state index in [0.717, 1.165) is 0 Å². The summed E-state index contributed by atoms with van der Waals surface area (Å²) in [5.41, 5.74) is 1.25. The number of hydrogen-bond acceptors (Lipinski definition) is 4. The van der Waals surface area contributed by atoms with Crippen LogP contribution in [0.2, 0.25) is 0 Å². The minimum atomic E-state index is -0.110. The number of aromatic nitrogens is 2. The van der Waals surface area contributed by atoms with Crippen molar-refractivity contribution in [3.63, 3.8) is 0 Å². The van der Waals surface area contributed by atoms with Crippen molar-refractivity contribution in [1.82, 2.24) is 9.97 Å². The first-order valence-electron chi connectivity index (χ1n) is 5.20. The molecule has 1 aromatic carbocycles. The number of nitriles is 1. The zero-order valence-electron chi connectivity index (χ0n) is 9.38. The van der Waals surface area contributed by atoms with Crippen LogP contribution in [0.4, 0.5) is 5.69 Å². The highest BCUT2D eigenvalue weighted by Crippen LogP contribution is 2.13. The Balaban J connectivity index is 1.85. The Labute approximate surface area is 108 Å². The third-order valence-electron chi connectivity index (χ3n) is 2.11. The van der Waals surface area contributed by atoms with Crippen molar-refractivity contribution in [3.8, 4) is 6.07 Å². The second-order valence-corrected chi connectivity index (χ2v) is 4.38. The number of carbonyl (C=O) groups is 1. The number of nitrogens with zero attached hydrogens (tertiary/aromatic N) is 2. The van der Waals surface area contributed by atoms with Crippen LogP contribution in [0.3, 0.4) is 0 Å². The highest BCUT2D eigenvalue weighted by molar-refractivity contribution is 7.99. The number of imidazole rings is 1. The molecule has 0 atom stereocenters. The molecule has 0 radical (unpaired) electrons. The van der Waals surface area contributed by atoms with Gasteiger partial charge in [-0.2, -0.15) is 5.26 Å². The Bertz CT molecular complexity index is 557. The lowest BCUT2D eigenvalue weighted by Gasteiger charge is -2.03. The van der Waals surface area contributed by atoms with Gasteiger partial charge in [0.25, 0.3) is 0 Å². The fourth-order valence-corrected chi connectivity index (χ4v) is 1.92. The highest BCUT2D eigenvalue weighted by atomic mass is 32.2. The first-order chi connectivity index (χ1) is 8.78. The molecular weight excluding hydrogens is 248 g/mol. The van der Waals surface area contributed by atoms with Gasteiger partial charge in [-0.15, -0.1) is 0 Å². The minimum Gasteiger partial charge on any atom is -0.340 e. The molecule has 0 aliphatic rings. The van der Waals surface area contributed by atoms with Crippen molar-refractivity contribution >= 4 is 23.4 Å². The maximum Gasteiger partial charge on any atom is 0.234 e. The van der Waals surface area contributed by atoms with Crippen LogP contribution in [0.5, 0.6) is 0 Å². The molecule has 1 amide bonds. The molecule has 2 rings (SSSR count). The summed E-state index contributed by atoms with van der Waals surface area (Å²) in [6.45, 7) is 0. The van der Waals surface area contributed by atoms with Crippen molar-refractivity contribution in [3.05, 3.63) is 42.2 Å². The Morgan fingerprint density at radius 1 is 1.44 bits per heavy atom. The van der Waals surface area contributed by atoms with Gasteiger partial charge in [0, 0.05) is 18.1 Å². The van der Waals surface area contributed by atoms with Crippen LogP contribution >= 0.6 is 11.8 Å². The van der Waals surface area contributed by atoms with Crippen LogP contribution in [-0.2, 0) is 4.79 Å².